The first-order chi connectivity index (χ1) is 6.58. The van der Waals surface area contributed by atoms with Gasteiger partial charge in [-0.3, -0.25) is 4.79 Å². The summed E-state index contributed by atoms with van der Waals surface area (Å²) in [5.74, 6) is -1.72. The van der Waals surface area contributed by atoms with Crippen LogP contribution in [0.15, 0.2) is 32.5 Å². The molecule has 0 aliphatic heterocycles. The van der Waals surface area contributed by atoms with Crippen molar-refractivity contribution in [1.29, 1.82) is 0 Å². The third-order valence-electron chi connectivity index (χ3n) is 1.74. The van der Waals surface area contributed by atoms with Crippen LogP contribution in [0.25, 0.3) is 11.0 Å². The molecule has 0 amide bonds. The van der Waals surface area contributed by atoms with Gasteiger partial charge in [0.15, 0.2) is 21.9 Å². The van der Waals surface area contributed by atoms with Crippen molar-refractivity contribution in [3.8, 4) is 0 Å². The molecule has 0 aliphatic carbocycles. The molecule has 2 nitrogen and oxygen atoms in total. The van der Waals surface area contributed by atoms with Crippen LogP contribution in [0.5, 0.6) is 0 Å². The van der Waals surface area contributed by atoms with E-state index in [1.165, 1.54) is 0 Å². The molecular formula is C9H4F2O2S. The topological polar surface area (TPSA) is 30.2 Å². The Morgan fingerprint density at radius 1 is 1.21 bits per heavy atom. The van der Waals surface area contributed by atoms with E-state index < -0.39 is 17.1 Å². The Hall–Kier alpha value is -1.36. The van der Waals surface area contributed by atoms with Gasteiger partial charge in [-0.15, -0.1) is 12.6 Å². The molecule has 5 heteroatoms. The highest BCUT2D eigenvalue weighted by molar-refractivity contribution is 7.80. The molecular weight excluding hydrogens is 210 g/mol. The van der Waals surface area contributed by atoms with Crippen LogP contribution in [0.3, 0.4) is 0 Å². The third-order valence-corrected chi connectivity index (χ3v) is 1.96. The zero-order chi connectivity index (χ0) is 10.3. The average Bonchev–Trinajstić information content (AvgIpc) is 2.07. The van der Waals surface area contributed by atoms with Gasteiger partial charge in [0.1, 0.15) is 5.82 Å². The van der Waals surface area contributed by atoms with Crippen LogP contribution < -0.4 is 5.43 Å². The summed E-state index contributed by atoms with van der Waals surface area (Å²) in [6.07, 6.45) is 0. The maximum Gasteiger partial charge on any atom is 0.194 e. The SMILES string of the molecule is O=c1cc(S)oc2c(F)cc(F)cc12. The molecule has 0 saturated heterocycles. The van der Waals surface area contributed by atoms with Gasteiger partial charge < -0.3 is 4.42 Å². The molecule has 0 aliphatic rings. The minimum Gasteiger partial charge on any atom is -0.447 e. The smallest absolute Gasteiger partial charge is 0.194 e. The lowest BCUT2D eigenvalue weighted by Crippen LogP contribution is -2.01. The van der Waals surface area contributed by atoms with Crippen LogP contribution in [0.2, 0.25) is 0 Å². The molecule has 2 rings (SSSR count). The van der Waals surface area contributed by atoms with Gasteiger partial charge in [0.2, 0.25) is 0 Å². The Morgan fingerprint density at radius 3 is 2.64 bits per heavy atom. The van der Waals surface area contributed by atoms with E-state index >= 15 is 0 Å². The summed E-state index contributed by atoms with van der Waals surface area (Å²) in [4.78, 5) is 11.3. The van der Waals surface area contributed by atoms with Gasteiger partial charge in [0.05, 0.1) is 5.39 Å². The van der Waals surface area contributed by atoms with Crippen LogP contribution in [0, 0.1) is 11.6 Å². The van der Waals surface area contributed by atoms with Gasteiger partial charge in [-0.05, 0) is 6.07 Å². The number of halogens is 2. The zero-order valence-electron chi connectivity index (χ0n) is 6.75. The summed E-state index contributed by atoms with van der Waals surface area (Å²) in [6, 6.07) is 2.64. The zero-order valence-corrected chi connectivity index (χ0v) is 7.65. The number of benzene rings is 1. The van der Waals surface area contributed by atoms with E-state index in [9.17, 15) is 13.6 Å². The first kappa shape index (κ1) is 9.21. The summed E-state index contributed by atoms with van der Waals surface area (Å²) < 4.78 is 30.7. The lowest BCUT2D eigenvalue weighted by Gasteiger charge is -1.99. The van der Waals surface area contributed by atoms with Crippen molar-refractivity contribution in [2.75, 3.05) is 0 Å². The Morgan fingerprint density at radius 2 is 1.93 bits per heavy atom. The lowest BCUT2D eigenvalue weighted by molar-refractivity contribution is 0.474. The van der Waals surface area contributed by atoms with Crippen LogP contribution >= 0.6 is 12.6 Å². The fraction of sp³-hybridized carbons (Fsp3) is 0. The second kappa shape index (κ2) is 3.09. The summed E-state index contributed by atoms with van der Waals surface area (Å²) in [7, 11) is 0. The summed E-state index contributed by atoms with van der Waals surface area (Å²) >= 11 is 3.78. The first-order valence-electron chi connectivity index (χ1n) is 3.70. The first-order valence-corrected chi connectivity index (χ1v) is 4.14. The average molecular weight is 214 g/mol. The molecule has 2 aromatic rings. The highest BCUT2D eigenvalue weighted by Crippen LogP contribution is 2.19. The molecule has 0 bridgehead atoms. The van der Waals surface area contributed by atoms with Crippen molar-refractivity contribution >= 4 is 23.6 Å². The van der Waals surface area contributed by atoms with E-state index in [2.05, 4.69) is 12.6 Å². The predicted molar refractivity (Wildman–Crippen MR) is 49.7 cm³/mol. The quantitative estimate of drug-likeness (QED) is 0.682. The largest absolute Gasteiger partial charge is 0.447 e. The highest BCUT2D eigenvalue weighted by atomic mass is 32.1. The maximum absolute atomic E-state index is 13.1. The second-order valence-electron chi connectivity index (χ2n) is 2.71. The number of hydrogen-bond donors (Lipinski definition) is 1. The van der Waals surface area contributed by atoms with Crippen molar-refractivity contribution in [2.45, 2.75) is 5.09 Å². The van der Waals surface area contributed by atoms with Crippen LogP contribution in [-0.2, 0) is 0 Å². The van der Waals surface area contributed by atoms with Crippen LogP contribution in [0.4, 0.5) is 8.78 Å². The number of rotatable bonds is 0. The number of fused-ring (bicyclic) bond motifs is 1. The number of hydrogen-bond acceptors (Lipinski definition) is 3. The van der Waals surface area contributed by atoms with Gasteiger partial charge in [-0.25, -0.2) is 8.78 Å². The fourth-order valence-electron chi connectivity index (χ4n) is 1.17. The van der Waals surface area contributed by atoms with Crippen molar-refractivity contribution in [3.63, 3.8) is 0 Å². The fourth-order valence-corrected chi connectivity index (χ4v) is 1.38. The summed E-state index contributed by atoms with van der Waals surface area (Å²) in [5.41, 5.74) is -0.793. The van der Waals surface area contributed by atoms with E-state index in [1.54, 1.807) is 0 Å². The van der Waals surface area contributed by atoms with Crippen molar-refractivity contribution in [1.82, 2.24) is 0 Å². The highest BCUT2D eigenvalue weighted by Gasteiger charge is 2.09. The molecule has 0 atom stereocenters. The van der Waals surface area contributed by atoms with Gasteiger partial charge in [-0.2, -0.15) is 0 Å². The minimum atomic E-state index is -0.909. The standard InChI is InChI=1S/C9H4F2O2S/c10-4-1-5-7(12)3-8(14)13-9(5)6(11)2-4/h1-3,14H. The van der Waals surface area contributed by atoms with E-state index in [0.29, 0.717) is 6.07 Å². The lowest BCUT2D eigenvalue weighted by atomic mass is 10.2. The summed E-state index contributed by atoms with van der Waals surface area (Å²) in [5, 5.41) is -0.131. The van der Waals surface area contributed by atoms with Crippen molar-refractivity contribution in [2.24, 2.45) is 0 Å². The monoisotopic (exact) mass is 214 g/mol. The Kier molecular flexibility index (Phi) is 2.03. The van der Waals surface area contributed by atoms with E-state index in [4.69, 9.17) is 4.42 Å². The van der Waals surface area contributed by atoms with E-state index in [1.807, 2.05) is 0 Å². The normalized spacial score (nSPS) is 10.8. The maximum atomic E-state index is 13.1. The van der Waals surface area contributed by atoms with Gasteiger partial charge in [-0.1, -0.05) is 0 Å². The second-order valence-corrected chi connectivity index (χ2v) is 3.15. The molecule has 0 spiro atoms. The van der Waals surface area contributed by atoms with Gasteiger partial charge in [0.25, 0.3) is 0 Å². The summed E-state index contributed by atoms with van der Waals surface area (Å²) in [6.45, 7) is 0. The molecule has 0 radical (unpaired) electrons. The van der Waals surface area contributed by atoms with Crippen LogP contribution in [0.1, 0.15) is 0 Å². The molecule has 14 heavy (non-hydrogen) atoms. The molecule has 0 unspecified atom stereocenters. The molecule has 72 valence electrons. The molecule has 1 heterocycles. The Bertz CT molecular complexity index is 562. The number of thiol groups is 1. The van der Waals surface area contributed by atoms with Crippen LogP contribution in [-0.4, -0.2) is 0 Å². The Labute approximate surface area is 82.6 Å². The molecule has 1 aromatic carbocycles. The third kappa shape index (κ3) is 1.39. The van der Waals surface area contributed by atoms with Crippen molar-refractivity contribution in [3.05, 3.63) is 40.1 Å². The molecule has 0 N–H and O–H groups in total. The van der Waals surface area contributed by atoms with Crippen molar-refractivity contribution < 1.29 is 13.2 Å². The van der Waals surface area contributed by atoms with Gasteiger partial charge in [0, 0.05) is 12.1 Å². The Balaban J connectivity index is 3.02. The molecule has 1 aromatic heterocycles. The predicted octanol–water partition coefficient (Wildman–Crippen LogP) is 2.36. The van der Waals surface area contributed by atoms with E-state index in [-0.39, 0.29) is 16.1 Å². The van der Waals surface area contributed by atoms with Gasteiger partial charge >= 0.3 is 0 Å². The minimum absolute atomic E-state index is 0.00647. The van der Waals surface area contributed by atoms with E-state index in [0.717, 1.165) is 12.1 Å². The molecule has 0 saturated carbocycles. The molecule has 0 fully saturated rings.